The molecule has 3 N–H and O–H groups in total. The second-order valence-corrected chi connectivity index (χ2v) is 8.39. The van der Waals surface area contributed by atoms with Gasteiger partial charge in [-0.05, 0) is 31.0 Å². The molecule has 0 radical (unpaired) electrons. The fourth-order valence-corrected chi connectivity index (χ4v) is 4.80. The number of nitrogens with two attached hydrogens (primary N) is 1. The molecule has 1 aromatic carbocycles. The molecule has 0 aliphatic carbocycles. The molecule has 1 aromatic rings. The Kier molecular flexibility index (Phi) is 6.88. The molecule has 0 aromatic heterocycles. The molecule has 1 amide bonds. The van der Waals surface area contributed by atoms with Crippen LogP contribution in [0.1, 0.15) is 25.7 Å². The molecule has 0 saturated carbocycles. The number of nitrogens with zero attached hydrogens (tertiary/aromatic N) is 1. The number of rotatable bonds is 6. The molecule has 0 bridgehead atoms. The largest absolute Gasteiger partial charge is 0.354 e. The monoisotopic (exact) mass is 393 g/mol. The Morgan fingerprint density at radius 1 is 1.29 bits per heavy atom. The van der Waals surface area contributed by atoms with Crippen molar-refractivity contribution in [3.8, 4) is 0 Å². The molecule has 1 unspecified atom stereocenters. The predicted octanol–water partition coefficient (Wildman–Crippen LogP) is 2.00. The van der Waals surface area contributed by atoms with Gasteiger partial charge in [-0.25, -0.2) is 8.42 Å². The molecule has 2 rings (SSSR count). The number of hydrogen-bond acceptors (Lipinski definition) is 4. The van der Waals surface area contributed by atoms with Crippen molar-refractivity contribution < 1.29 is 13.2 Å². The lowest BCUT2D eigenvalue weighted by Crippen LogP contribution is -2.49. The molecule has 1 fully saturated rings. The Morgan fingerprint density at radius 3 is 2.71 bits per heavy atom. The third-order valence-corrected chi connectivity index (χ3v) is 6.66. The van der Waals surface area contributed by atoms with E-state index >= 15 is 0 Å². The summed E-state index contributed by atoms with van der Waals surface area (Å²) in [4.78, 5) is 11.7. The molecule has 1 heterocycles. The van der Waals surface area contributed by atoms with Gasteiger partial charge in [0, 0.05) is 32.1 Å². The third kappa shape index (κ3) is 4.61. The van der Waals surface area contributed by atoms with Crippen molar-refractivity contribution >= 4 is 39.1 Å². The summed E-state index contributed by atoms with van der Waals surface area (Å²) in [5, 5.41) is 3.26. The van der Waals surface area contributed by atoms with E-state index in [4.69, 9.17) is 28.9 Å². The average molecular weight is 394 g/mol. The van der Waals surface area contributed by atoms with Crippen molar-refractivity contribution in [2.24, 2.45) is 5.73 Å². The highest BCUT2D eigenvalue weighted by Crippen LogP contribution is 2.29. The maximum absolute atomic E-state index is 12.9. The average Bonchev–Trinajstić information content (AvgIpc) is 2.56. The molecule has 24 heavy (non-hydrogen) atoms. The number of carbonyl (C=O) groups excluding carboxylic acids is 1. The van der Waals surface area contributed by atoms with Gasteiger partial charge in [-0.15, -0.1) is 0 Å². The lowest BCUT2D eigenvalue weighted by atomic mass is 10.1. The van der Waals surface area contributed by atoms with Crippen molar-refractivity contribution in [3.63, 3.8) is 0 Å². The second-order valence-electron chi connectivity index (χ2n) is 5.68. The second kappa shape index (κ2) is 8.49. The van der Waals surface area contributed by atoms with Gasteiger partial charge >= 0.3 is 0 Å². The maximum atomic E-state index is 12.9. The van der Waals surface area contributed by atoms with Crippen molar-refractivity contribution in [1.29, 1.82) is 0 Å². The van der Waals surface area contributed by atoms with Crippen LogP contribution in [0.2, 0.25) is 10.0 Å². The fourth-order valence-electron chi connectivity index (χ4n) is 2.72. The number of halogens is 2. The summed E-state index contributed by atoms with van der Waals surface area (Å²) in [5.41, 5.74) is 5.35. The van der Waals surface area contributed by atoms with E-state index in [-0.39, 0.29) is 41.4 Å². The zero-order valence-electron chi connectivity index (χ0n) is 13.2. The molecule has 9 heteroatoms. The Morgan fingerprint density at radius 2 is 2.04 bits per heavy atom. The molecular formula is C15H21Cl2N3O3S. The van der Waals surface area contributed by atoms with E-state index in [0.29, 0.717) is 18.0 Å². The molecule has 134 valence electrons. The molecule has 0 spiro atoms. The van der Waals surface area contributed by atoms with Gasteiger partial charge in [0.05, 0.1) is 14.9 Å². The maximum Gasteiger partial charge on any atom is 0.243 e. The normalized spacial score (nSPS) is 19.2. The van der Waals surface area contributed by atoms with E-state index in [9.17, 15) is 13.2 Å². The van der Waals surface area contributed by atoms with Crippen molar-refractivity contribution in [1.82, 2.24) is 9.62 Å². The van der Waals surface area contributed by atoms with E-state index in [0.717, 1.165) is 12.8 Å². The van der Waals surface area contributed by atoms with Gasteiger partial charge in [-0.2, -0.15) is 4.31 Å². The highest BCUT2D eigenvalue weighted by molar-refractivity contribution is 7.89. The van der Waals surface area contributed by atoms with Gasteiger partial charge in [0.25, 0.3) is 0 Å². The number of benzene rings is 1. The zero-order chi connectivity index (χ0) is 17.7. The van der Waals surface area contributed by atoms with E-state index in [1.165, 1.54) is 22.5 Å². The van der Waals surface area contributed by atoms with Gasteiger partial charge in [-0.1, -0.05) is 29.6 Å². The Balaban J connectivity index is 2.18. The van der Waals surface area contributed by atoms with E-state index in [2.05, 4.69) is 5.32 Å². The smallest absolute Gasteiger partial charge is 0.243 e. The first-order chi connectivity index (χ1) is 11.4. The summed E-state index contributed by atoms with van der Waals surface area (Å²) in [6.45, 7) is 0.960. The number of sulfonamides is 1. The highest BCUT2D eigenvalue weighted by atomic mass is 35.5. The molecule has 1 atom stereocenters. The van der Waals surface area contributed by atoms with E-state index in [1.807, 2.05) is 0 Å². The van der Waals surface area contributed by atoms with Crippen LogP contribution in [0.5, 0.6) is 0 Å². The van der Waals surface area contributed by atoms with Crippen LogP contribution < -0.4 is 11.1 Å². The minimum atomic E-state index is -3.70. The Hall–Kier alpha value is -0.860. The van der Waals surface area contributed by atoms with E-state index < -0.39 is 10.0 Å². The summed E-state index contributed by atoms with van der Waals surface area (Å²) in [6, 6.07) is 4.00. The zero-order valence-corrected chi connectivity index (χ0v) is 15.5. The molecule has 6 nitrogen and oxygen atoms in total. The van der Waals surface area contributed by atoms with Crippen molar-refractivity contribution in [3.05, 3.63) is 28.2 Å². The van der Waals surface area contributed by atoms with Crippen LogP contribution in [-0.2, 0) is 14.8 Å². The van der Waals surface area contributed by atoms with Crippen molar-refractivity contribution in [2.75, 3.05) is 19.6 Å². The van der Waals surface area contributed by atoms with E-state index in [1.54, 1.807) is 0 Å². The first kappa shape index (κ1) is 19.5. The molecule has 1 aliphatic heterocycles. The minimum absolute atomic E-state index is 0.108. The van der Waals surface area contributed by atoms with Crippen LogP contribution in [-0.4, -0.2) is 44.3 Å². The quantitative estimate of drug-likeness (QED) is 0.772. The van der Waals surface area contributed by atoms with Crippen LogP contribution >= 0.6 is 23.2 Å². The predicted molar refractivity (Wildman–Crippen MR) is 94.7 cm³/mol. The van der Waals surface area contributed by atoms with Gasteiger partial charge < -0.3 is 11.1 Å². The van der Waals surface area contributed by atoms with Crippen LogP contribution in [0.4, 0.5) is 0 Å². The topological polar surface area (TPSA) is 92.5 Å². The summed E-state index contributed by atoms with van der Waals surface area (Å²) in [7, 11) is -3.70. The van der Waals surface area contributed by atoms with Gasteiger partial charge in [0.1, 0.15) is 0 Å². The highest BCUT2D eigenvalue weighted by Gasteiger charge is 2.33. The third-order valence-electron chi connectivity index (χ3n) is 3.98. The van der Waals surface area contributed by atoms with Crippen molar-refractivity contribution in [2.45, 2.75) is 36.6 Å². The molecule has 1 saturated heterocycles. The lowest BCUT2D eigenvalue weighted by Gasteiger charge is -2.34. The first-order valence-corrected chi connectivity index (χ1v) is 9.99. The standard InChI is InChI=1S/C15H21Cl2N3O3S/c16-13-5-4-12(9-14(13)17)24(22,23)20-8-2-1-3-11(20)10-19-15(21)6-7-18/h4-5,9,11H,1-3,6-8,10,18H2,(H,19,21). The Bertz CT molecular complexity index is 697. The number of piperidine rings is 1. The molecular weight excluding hydrogens is 373 g/mol. The molecule has 1 aliphatic rings. The first-order valence-electron chi connectivity index (χ1n) is 7.80. The number of amides is 1. The summed E-state index contributed by atoms with van der Waals surface area (Å²) < 4.78 is 27.3. The van der Waals surface area contributed by atoms with Crippen LogP contribution in [0, 0.1) is 0 Å². The van der Waals surface area contributed by atoms with Gasteiger partial charge in [0.15, 0.2) is 0 Å². The summed E-state index contributed by atoms with van der Waals surface area (Å²) in [6.07, 6.45) is 2.63. The van der Waals surface area contributed by atoms with Crippen LogP contribution in [0.3, 0.4) is 0 Å². The van der Waals surface area contributed by atoms with Crippen LogP contribution in [0.25, 0.3) is 0 Å². The number of carbonyl (C=O) groups is 1. The number of nitrogens with one attached hydrogen (secondary N) is 1. The summed E-state index contributed by atoms with van der Waals surface area (Å²) in [5.74, 6) is -0.171. The Labute approximate surface area is 152 Å². The van der Waals surface area contributed by atoms with Gasteiger partial charge in [-0.3, -0.25) is 4.79 Å². The lowest BCUT2D eigenvalue weighted by molar-refractivity contribution is -0.121. The fraction of sp³-hybridized carbons (Fsp3) is 0.533. The number of hydrogen-bond donors (Lipinski definition) is 2. The van der Waals surface area contributed by atoms with Crippen LogP contribution in [0.15, 0.2) is 23.1 Å². The minimum Gasteiger partial charge on any atom is -0.354 e. The summed E-state index contributed by atoms with van der Waals surface area (Å²) >= 11 is 11.8. The SMILES string of the molecule is NCCC(=O)NCC1CCCCN1S(=O)(=O)c1ccc(Cl)c(Cl)c1. The van der Waals surface area contributed by atoms with Gasteiger partial charge in [0.2, 0.25) is 15.9 Å².